The topological polar surface area (TPSA) is 84.2 Å². The summed E-state index contributed by atoms with van der Waals surface area (Å²) < 4.78 is 1.92. The lowest BCUT2D eigenvalue weighted by atomic mass is 9.85. The molecule has 2 atom stereocenters. The van der Waals surface area contributed by atoms with Crippen molar-refractivity contribution in [2.75, 3.05) is 0 Å². The van der Waals surface area contributed by atoms with E-state index >= 15 is 0 Å². The summed E-state index contributed by atoms with van der Waals surface area (Å²) in [5, 5.41) is 17.5. The Labute approximate surface area is 188 Å². The Morgan fingerprint density at radius 2 is 1.94 bits per heavy atom. The van der Waals surface area contributed by atoms with Gasteiger partial charge < -0.3 is 10.4 Å². The molecule has 7 heteroatoms. The molecule has 1 aliphatic carbocycles. The number of nitrogens with zero attached hydrogens (tertiary/aromatic N) is 2. The minimum atomic E-state index is -0.892. The number of aryl methyl sites for hydroxylation is 2. The number of aromatic nitrogens is 2. The molecule has 3 rings (SSSR count). The summed E-state index contributed by atoms with van der Waals surface area (Å²) in [6.45, 7) is 9.62. The molecule has 2 aromatic rings. The van der Waals surface area contributed by atoms with Crippen LogP contribution in [0.15, 0.2) is 30.4 Å². The summed E-state index contributed by atoms with van der Waals surface area (Å²) in [6, 6.07) is 5.85. The van der Waals surface area contributed by atoms with Gasteiger partial charge in [-0.05, 0) is 50.3 Å². The number of allylic oxidation sites excluding steroid dienone is 1. The van der Waals surface area contributed by atoms with E-state index in [2.05, 4.69) is 18.3 Å². The SMILES string of the molecule is Cc1ccc(-n2nc(C)c([C@@H]3C=C[C@@H](NC(=O)CC(C)(C)CC(=O)O)C3)c2C)cc1Cl. The highest BCUT2D eigenvalue weighted by molar-refractivity contribution is 6.31. The van der Waals surface area contributed by atoms with E-state index < -0.39 is 11.4 Å². The van der Waals surface area contributed by atoms with Crippen molar-refractivity contribution in [3.63, 3.8) is 0 Å². The summed E-state index contributed by atoms with van der Waals surface area (Å²) in [5.41, 5.74) is 4.54. The molecular formula is C24H30ClN3O3. The van der Waals surface area contributed by atoms with Gasteiger partial charge in [-0.3, -0.25) is 9.59 Å². The van der Waals surface area contributed by atoms with Gasteiger partial charge in [-0.1, -0.05) is 43.7 Å². The first-order chi connectivity index (χ1) is 14.5. The maximum absolute atomic E-state index is 12.5. The zero-order valence-electron chi connectivity index (χ0n) is 18.7. The number of hydrogen-bond acceptors (Lipinski definition) is 3. The quantitative estimate of drug-likeness (QED) is 0.598. The van der Waals surface area contributed by atoms with Crippen LogP contribution in [0.5, 0.6) is 0 Å². The Balaban J connectivity index is 1.70. The Morgan fingerprint density at radius 3 is 2.58 bits per heavy atom. The first-order valence-corrected chi connectivity index (χ1v) is 10.9. The maximum atomic E-state index is 12.5. The van der Waals surface area contributed by atoms with Gasteiger partial charge in [0.2, 0.25) is 5.91 Å². The van der Waals surface area contributed by atoms with Crippen molar-refractivity contribution in [2.45, 2.75) is 65.8 Å². The van der Waals surface area contributed by atoms with Crippen LogP contribution in [0.4, 0.5) is 0 Å². The molecule has 0 saturated heterocycles. The predicted octanol–water partition coefficient (Wildman–Crippen LogP) is 4.87. The second-order valence-corrected chi connectivity index (χ2v) is 9.65. The van der Waals surface area contributed by atoms with Gasteiger partial charge in [0.05, 0.1) is 17.8 Å². The average Bonchev–Trinajstić information content (AvgIpc) is 3.19. The molecule has 166 valence electrons. The normalized spacial score (nSPS) is 18.4. The maximum Gasteiger partial charge on any atom is 0.303 e. The van der Waals surface area contributed by atoms with Gasteiger partial charge >= 0.3 is 5.97 Å². The van der Waals surface area contributed by atoms with E-state index in [9.17, 15) is 9.59 Å². The molecule has 1 aromatic heterocycles. The van der Waals surface area contributed by atoms with E-state index in [4.69, 9.17) is 21.8 Å². The number of aliphatic carboxylic acids is 1. The minimum Gasteiger partial charge on any atom is -0.481 e. The van der Waals surface area contributed by atoms with Crippen molar-refractivity contribution < 1.29 is 14.7 Å². The zero-order chi connectivity index (χ0) is 22.9. The fourth-order valence-corrected chi connectivity index (χ4v) is 4.52. The predicted molar refractivity (Wildman–Crippen MR) is 122 cm³/mol. The molecule has 2 N–H and O–H groups in total. The monoisotopic (exact) mass is 443 g/mol. The second kappa shape index (κ2) is 8.87. The Kier molecular flexibility index (Phi) is 6.60. The van der Waals surface area contributed by atoms with Crippen LogP contribution < -0.4 is 5.32 Å². The zero-order valence-corrected chi connectivity index (χ0v) is 19.5. The standard InChI is InChI=1S/C24H30ClN3O3/c1-14-6-9-19(11-20(14)25)28-16(3)23(15(2)27-28)17-7-8-18(10-17)26-21(29)12-24(4,5)13-22(30)31/h6-9,11,17-18H,10,12-13H2,1-5H3,(H,26,29)(H,30,31)/t17-,18-/m1/s1. The van der Waals surface area contributed by atoms with E-state index in [0.717, 1.165) is 34.6 Å². The third-order valence-corrected chi connectivity index (χ3v) is 6.22. The van der Waals surface area contributed by atoms with Gasteiger partial charge in [-0.25, -0.2) is 4.68 Å². The lowest BCUT2D eigenvalue weighted by Crippen LogP contribution is -2.36. The van der Waals surface area contributed by atoms with Gasteiger partial charge in [-0.15, -0.1) is 0 Å². The van der Waals surface area contributed by atoms with Crippen LogP contribution in [0.25, 0.3) is 5.69 Å². The Morgan fingerprint density at radius 1 is 1.23 bits per heavy atom. The van der Waals surface area contributed by atoms with E-state index in [1.54, 1.807) is 13.8 Å². The largest absolute Gasteiger partial charge is 0.481 e. The summed E-state index contributed by atoms with van der Waals surface area (Å²) in [6.07, 6.45) is 5.04. The molecule has 0 saturated carbocycles. The van der Waals surface area contributed by atoms with Crippen LogP contribution in [0.2, 0.25) is 5.02 Å². The third kappa shape index (κ3) is 5.37. The lowest BCUT2D eigenvalue weighted by molar-refractivity contribution is -0.139. The number of carboxylic acid groups (broad SMARTS) is 1. The molecule has 0 unspecified atom stereocenters. The van der Waals surface area contributed by atoms with Crippen molar-refractivity contribution in [1.29, 1.82) is 0 Å². The van der Waals surface area contributed by atoms with Gasteiger partial charge in [0.25, 0.3) is 0 Å². The first-order valence-electron chi connectivity index (χ1n) is 10.5. The number of amides is 1. The van der Waals surface area contributed by atoms with Gasteiger partial charge in [0, 0.05) is 34.7 Å². The van der Waals surface area contributed by atoms with E-state index in [-0.39, 0.29) is 30.7 Å². The summed E-state index contributed by atoms with van der Waals surface area (Å²) in [7, 11) is 0. The van der Waals surface area contributed by atoms with Gasteiger partial charge in [0.15, 0.2) is 0 Å². The van der Waals surface area contributed by atoms with Crippen molar-refractivity contribution in [2.24, 2.45) is 5.41 Å². The highest BCUT2D eigenvalue weighted by atomic mass is 35.5. The summed E-state index contributed by atoms with van der Waals surface area (Å²) in [4.78, 5) is 23.4. The number of rotatable bonds is 7. The number of carbonyl (C=O) groups excluding carboxylic acids is 1. The molecule has 1 aromatic carbocycles. The van der Waals surface area contributed by atoms with Crippen LogP contribution in [0, 0.1) is 26.2 Å². The molecule has 0 spiro atoms. The number of nitrogens with one attached hydrogen (secondary N) is 1. The van der Waals surface area contributed by atoms with Crippen molar-refractivity contribution in [1.82, 2.24) is 15.1 Å². The summed E-state index contributed by atoms with van der Waals surface area (Å²) >= 11 is 6.31. The molecule has 0 bridgehead atoms. The second-order valence-electron chi connectivity index (χ2n) is 9.24. The molecule has 6 nitrogen and oxygen atoms in total. The fraction of sp³-hybridized carbons (Fsp3) is 0.458. The number of benzene rings is 1. The highest BCUT2D eigenvalue weighted by Crippen LogP contribution is 2.34. The van der Waals surface area contributed by atoms with Crippen LogP contribution in [0.1, 0.15) is 61.5 Å². The minimum absolute atomic E-state index is 0.0375. The van der Waals surface area contributed by atoms with Crippen LogP contribution >= 0.6 is 11.6 Å². The van der Waals surface area contributed by atoms with Crippen LogP contribution in [0.3, 0.4) is 0 Å². The average molecular weight is 444 g/mol. The molecule has 31 heavy (non-hydrogen) atoms. The van der Waals surface area contributed by atoms with E-state index in [0.29, 0.717) is 5.02 Å². The fourth-order valence-electron chi connectivity index (χ4n) is 4.34. The van der Waals surface area contributed by atoms with Crippen molar-refractivity contribution in [3.05, 3.63) is 57.9 Å². The number of carbonyl (C=O) groups is 2. The number of hydrogen-bond donors (Lipinski definition) is 2. The van der Waals surface area contributed by atoms with Crippen LogP contribution in [-0.4, -0.2) is 32.8 Å². The number of carboxylic acids is 1. The molecule has 0 radical (unpaired) electrons. The molecular weight excluding hydrogens is 414 g/mol. The van der Waals surface area contributed by atoms with Crippen LogP contribution in [-0.2, 0) is 9.59 Å². The highest BCUT2D eigenvalue weighted by Gasteiger charge is 2.29. The molecule has 1 heterocycles. The van der Waals surface area contributed by atoms with E-state index in [1.165, 1.54) is 0 Å². The molecule has 0 fully saturated rings. The Bertz CT molecular complexity index is 1040. The summed E-state index contributed by atoms with van der Waals surface area (Å²) in [5.74, 6) is -0.858. The van der Waals surface area contributed by atoms with E-state index in [1.807, 2.05) is 42.8 Å². The van der Waals surface area contributed by atoms with Crippen molar-refractivity contribution in [3.8, 4) is 5.69 Å². The third-order valence-electron chi connectivity index (χ3n) is 5.82. The number of halogens is 1. The molecule has 1 amide bonds. The smallest absolute Gasteiger partial charge is 0.303 e. The van der Waals surface area contributed by atoms with Crippen molar-refractivity contribution >= 4 is 23.5 Å². The van der Waals surface area contributed by atoms with Gasteiger partial charge in [-0.2, -0.15) is 5.10 Å². The van der Waals surface area contributed by atoms with Gasteiger partial charge in [0.1, 0.15) is 0 Å². The lowest BCUT2D eigenvalue weighted by Gasteiger charge is -2.23. The first kappa shape index (κ1) is 23.1. The molecule has 1 aliphatic rings. The molecule has 0 aliphatic heterocycles. The Hall–Kier alpha value is -2.60.